The molecule has 1 heterocycles. The SMILES string of the molecule is CS(=O)(=O)C1(C(=O)NCCC2CC2)CCNCC1.Cl. The van der Waals surface area contributed by atoms with Gasteiger partial charge in [0.1, 0.15) is 0 Å². The summed E-state index contributed by atoms with van der Waals surface area (Å²) in [5.74, 6) is 0.444. The number of hydrogen-bond acceptors (Lipinski definition) is 4. The van der Waals surface area contributed by atoms with E-state index in [4.69, 9.17) is 0 Å². The van der Waals surface area contributed by atoms with Gasteiger partial charge in [-0.25, -0.2) is 8.42 Å². The Morgan fingerprint density at radius 3 is 2.37 bits per heavy atom. The van der Waals surface area contributed by atoms with Crippen LogP contribution in [-0.4, -0.2) is 45.0 Å². The molecule has 1 saturated heterocycles. The average Bonchev–Trinajstić information content (AvgIpc) is 3.12. The summed E-state index contributed by atoms with van der Waals surface area (Å²) >= 11 is 0. The maximum atomic E-state index is 12.3. The van der Waals surface area contributed by atoms with E-state index < -0.39 is 14.6 Å². The Labute approximate surface area is 121 Å². The standard InChI is InChI=1S/C12H22N2O3S.ClH/c1-18(16,17)12(5-8-13-9-6-12)11(15)14-7-4-10-2-3-10;/h10,13H,2-9H2,1H3,(H,14,15);1H. The number of amides is 1. The zero-order valence-electron chi connectivity index (χ0n) is 11.3. The van der Waals surface area contributed by atoms with Gasteiger partial charge in [-0.15, -0.1) is 12.4 Å². The Bertz CT molecular complexity index is 415. The van der Waals surface area contributed by atoms with Crippen LogP contribution in [-0.2, 0) is 14.6 Å². The van der Waals surface area contributed by atoms with Crippen LogP contribution in [0.25, 0.3) is 0 Å². The van der Waals surface area contributed by atoms with Gasteiger partial charge < -0.3 is 10.6 Å². The number of halogens is 1. The molecule has 0 aromatic carbocycles. The van der Waals surface area contributed by atoms with Gasteiger partial charge in [0, 0.05) is 12.8 Å². The fourth-order valence-corrected chi connectivity index (χ4v) is 3.91. The Balaban J connectivity index is 0.00000180. The second kappa shape index (κ2) is 6.41. The Morgan fingerprint density at radius 2 is 1.89 bits per heavy atom. The van der Waals surface area contributed by atoms with Crippen LogP contribution in [0.4, 0.5) is 0 Å². The second-order valence-corrected chi connectivity index (χ2v) is 7.83. The van der Waals surface area contributed by atoms with Crippen LogP contribution in [0, 0.1) is 5.92 Å². The molecular weight excluding hydrogens is 288 g/mol. The van der Waals surface area contributed by atoms with E-state index in [0.29, 0.717) is 32.5 Å². The second-order valence-electron chi connectivity index (χ2n) is 5.50. The predicted octanol–water partition coefficient (Wildman–Crippen LogP) is 0.491. The number of sulfone groups is 1. The molecule has 112 valence electrons. The van der Waals surface area contributed by atoms with E-state index in [1.54, 1.807) is 0 Å². The van der Waals surface area contributed by atoms with Crippen LogP contribution in [0.5, 0.6) is 0 Å². The molecule has 2 rings (SSSR count). The maximum Gasteiger partial charge on any atom is 0.241 e. The Hall–Kier alpha value is -0.330. The lowest BCUT2D eigenvalue weighted by Gasteiger charge is -2.34. The summed E-state index contributed by atoms with van der Waals surface area (Å²) in [7, 11) is -3.37. The summed E-state index contributed by atoms with van der Waals surface area (Å²) in [5, 5.41) is 5.93. The fraction of sp³-hybridized carbons (Fsp3) is 0.917. The lowest BCUT2D eigenvalue weighted by molar-refractivity contribution is -0.124. The summed E-state index contributed by atoms with van der Waals surface area (Å²) in [4.78, 5) is 12.3. The van der Waals surface area contributed by atoms with Crippen molar-refractivity contribution in [2.24, 2.45) is 5.92 Å². The fourth-order valence-electron chi connectivity index (χ4n) is 2.55. The number of rotatable bonds is 5. The van der Waals surface area contributed by atoms with Gasteiger partial charge in [-0.1, -0.05) is 12.8 Å². The number of carbonyl (C=O) groups is 1. The van der Waals surface area contributed by atoms with Crippen LogP contribution in [0.15, 0.2) is 0 Å². The molecular formula is C12H23ClN2O3S. The van der Waals surface area contributed by atoms with E-state index in [2.05, 4.69) is 10.6 Å². The normalized spacial score (nSPS) is 22.4. The van der Waals surface area contributed by atoms with Crippen LogP contribution >= 0.6 is 12.4 Å². The molecule has 2 fully saturated rings. The van der Waals surface area contributed by atoms with Crippen LogP contribution in [0.2, 0.25) is 0 Å². The lowest BCUT2D eigenvalue weighted by Crippen LogP contribution is -2.57. The summed E-state index contributed by atoms with van der Waals surface area (Å²) < 4.78 is 22.7. The first kappa shape index (κ1) is 16.7. The minimum absolute atomic E-state index is 0. The average molecular weight is 311 g/mol. The van der Waals surface area contributed by atoms with E-state index in [9.17, 15) is 13.2 Å². The van der Waals surface area contributed by atoms with Crippen molar-refractivity contribution in [3.05, 3.63) is 0 Å². The lowest BCUT2D eigenvalue weighted by atomic mass is 9.96. The summed E-state index contributed by atoms with van der Waals surface area (Å²) in [6.45, 7) is 1.78. The van der Waals surface area contributed by atoms with E-state index in [0.717, 1.165) is 12.3 Å². The number of nitrogens with one attached hydrogen (secondary N) is 2. The molecule has 0 radical (unpaired) electrons. The minimum Gasteiger partial charge on any atom is -0.355 e. The van der Waals surface area contributed by atoms with Gasteiger partial charge in [0.25, 0.3) is 0 Å². The maximum absolute atomic E-state index is 12.3. The highest BCUT2D eigenvalue weighted by atomic mass is 35.5. The molecule has 2 aliphatic rings. The highest BCUT2D eigenvalue weighted by Gasteiger charge is 2.48. The molecule has 19 heavy (non-hydrogen) atoms. The molecule has 5 nitrogen and oxygen atoms in total. The molecule has 0 atom stereocenters. The van der Waals surface area contributed by atoms with Crippen LogP contribution < -0.4 is 10.6 Å². The van der Waals surface area contributed by atoms with E-state index in [1.807, 2.05) is 0 Å². The monoisotopic (exact) mass is 310 g/mol. The van der Waals surface area contributed by atoms with Crippen molar-refractivity contribution in [2.75, 3.05) is 25.9 Å². The third-order valence-corrected chi connectivity index (χ3v) is 6.08. The molecule has 1 amide bonds. The number of hydrogen-bond donors (Lipinski definition) is 2. The van der Waals surface area contributed by atoms with Gasteiger partial charge in [0.05, 0.1) is 0 Å². The molecule has 1 saturated carbocycles. The van der Waals surface area contributed by atoms with Crippen molar-refractivity contribution in [1.82, 2.24) is 10.6 Å². The highest BCUT2D eigenvalue weighted by molar-refractivity contribution is 7.92. The van der Waals surface area contributed by atoms with Crippen molar-refractivity contribution in [3.8, 4) is 0 Å². The van der Waals surface area contributed by atoms with Gasteiger partial charge >= 0.3 is 0 Å². The third kappa shape index (κ3) is 3.83. The first-order chi connectivity index (χ1) is 8.46. The molecule has 0 spiro atoms. The summed E-state index contributed by atoms with van der Waals surface area (Å²) in [6.07, 6.45) is 5.40. The van der Waals surface area contributed by atoms with Crippen molar-refractivity contribution in [1.29, 1.82) is 0 Å². The minimum atomic E-state index is -3.37. The molecule has 0 aromatic rings. The largest absolute Gasteiger partial charge is 0.355 e. The van der Waals surface area contributed by atoms with Crippen molar-refractivity contribution in [3.63, 3.8) is 0 Å². The molecule has 1 aliphatic carbocycles. The van der Waals surface area contributed by atoms with Crippen molar-refractivity contribution >= 4 is 28.2 Å². The Kier molecular flexibility index (Phi) is 5.65. The zero-order valence-corrected chi connectivity index (χ0v) is 12.9. The van der Waals surface area contributed by atoms with Crippen LogP contribution in [0.1, 0.15) is 32.1 Å². The molecule has 0 bridgehead atoms. The van der Waals surface area contributed by atoms with Crippen LogP contribution in [0.3, 0.4) is 0 Å². The van der Waals surface area contributed by atoms with Crippen molar-refractivity contribution < 1.29 is 13.2 Å². The summed E-state index contributed by atoms with van der Waals surface area (Å²) in [5.41, 5.74) is 0. The van der Waals surface area contributed by atoms with Gasteiger partial charge in [-0.3, -0.25) is 4.79 Å². The molecule has 0 aromatic heterocycles. The Morgan fingerprint density at radius 1 is 1.32 bits per heavy atom. The predicted molar refractivity (Wildman–Crippen MR) is 77.3 cm³/mol. The van der Waals surface area contributed by atoms with E-state index in [-0.39, 0.29) is 18.3 Å². The summed E-state index contributed by atoms with van der Waals surface area (Å²) in [6, 6.07) is 0. The van der Waals surface area contributed by atoms with E-state index in [1.165, 1.54) is 19.1 Å². The topological polar surface area (TPSA) is 75.3 Å². The zero-order chi connectivity index (χ0) is 13.2. The quantitative estimate of drug-likeness (QED) is 0.775. The smallest absolute Gasteiger partial charge is 0.241 e. The van der Waals surface area contributed by atoms with Gasteiger partial charge in [-0.2, -0.15) is 0 Å². The third-order valence-electron chi connectivity index (χ3n) is 4.07. The number of carbonyl (C=O) groups excluding carboxylic acids is 1. The van der Waals surface area contributed by atoms with Crippen molar-refractivity contribution in [2.45, 2.75) is 36.9 Å². The molecule has 0 unspecified atom stereocenters. The van der Waals surface area contributed by atoms with Gasteiger partial charge in [-0.05, 0) is 38.3 Å². The molecule has 2 N–H and O–H groups in total. The van der Waals surface area contributed by atoms with E-state index >= 15 is 0 Å². The first-order valence-corrected chi connectivity index (χ1v) is 8.53. The number of piperidine rings is 1. The highest BCUT2D eigenvalue weighted by Crippen LogP contribution is 2.32. The van der Waals surface area contributed by atoms with Gasteiger partial charge in [0.15, 0.2) is 14.6 Å². The molecule has 1 aliphatic heterocycles. The first-order valence-electron chi connectivity index (χ1n) is 6.64. The van der Waals surface area contributed by atoms with Gasteiger partial charge in [0.2, 0.25) is 5.91 Å². The molecule has 7 heteroatoms.